The molecule has 7 aromatic rings. The monoisotopic (exact) mass is 1060 g/mol. The molecule has 4 nitrogen and oxygen atoms in total. The van der Waals surface area contributed by atoms with E-state index >= 15 is 0 Å². The Morgan fingerprint density at radius 3 is 1.53 bits per heavy atom. The highest BCUT2D eigenvalue weighted by Crippen LogP contribution is 2.57. The number of unbranched alkanes of at least 4 members (excludes halogenated alkanes) is 14. The molecule has 8 heteroatoms. The van der Waals surface area contributed by atoms with Crippen molar-refractivity contribution in [3.63, 3.8) is 0 Å². The molecule has 1 fully saturated rings. The number of fused-ring (bicyclic) bond motifs is 4. The van der Waals surface area contributed by atoms with Gasteiger partial charge in [-0.15, -0.1) is 22.7 Å². The van der Waals surface area contributed by atoms with Crippen molar-refractivity contribution in [3.8, 4) is 42.4 Å². The lowest BCUT2D eigenvalue weighted by Crippen LogP contribution is -2.42. The highest BCUT2D eigenvalue weighted by molar-refractivity contribution is 7.19. The van der Waals surface area contributed by atoms with Crippen LogP contribution in [-0.4, -0.2) is 27.1 Å². The van der Waals surface area contributed by atoms with Gasteiger partial charge < -0.3 is 9.31 Å². The van der Waals surface area contributed by atoms with Crippen LogP contribution in [0.2, 0.25) is 0 Å². The molecule has 0 saturated carbocycles. The van der Waals surface area contributed by atoms with Gasteiger partial charge in [0.2, 0.25) is 0 Å². The van der Waals surface area contributed by atoms with Gasteiger partial charge in [0, 0.05) is 46.8 Å². The highest BCUT2D eigenvalue weighted by Gasteiger charge is 2.58. The molecule has 1 aliphatic carbocycles. The van der Waals surface area contributed by atoms with Gasteiger partial charge in [-0.05, 0) is 123 Å². The molecule has 4 heterocycles. The van der Waals surface area contributed by atoms with Gasteiger partial charge in [-0.3, -0.25) is 0 Å². The highest BCUT2D eigenvalue weighted by atomic mass is 32.1. The van der Waals surface area contributed by atoms with Crippen molar-refractivity contribution in [2.75, 3.05) is 0 Å². The smallest absolute Gasteiger partial charge is 0.403 e. The van der Waals surface area contributed by atoms with E-state index in [-0.39, 0.29) is 34.5 Å². The first-order valence-electron chi connectivity index (χ1n) is 29.4. The molecule has 0 bridgehead atoms. The van der Waals surface area contributed by atoms with E-state index in [1.807, 2.05) is 22.7 Å². The van der Waals surface area contributed by atoms with Crippen LogP contribution >= 0.6 is 34.4 Å². The van der Waals surface area contributed by atoms with Crippen molar-refractivity contribution in [2.24, 2.45) is 0 Å². The van der Waals surface area contributed by atoms with E-state index in [9.17, 15) is 0 Å². The lowest BCUT2D eigenvalue weighted by atomic mass is 9.56. The van der Waals surface area contributed by atoms with E-state index in [4.69, 9.17) is 18.1 Å². The van der Waals surface area contributed by atoms with E-state index in [0.717, 1.165) is 35.0 Å². The molecule has 0 amide bonds. The summed E-state index contributed by atoms with van der Waals surface area (Å²) < 4.78 is 23.3. The Hall–Kier alpha value is -3.92. The zero-order chi connectivity index (χ0) is 52.9. The van der Waals surface area contributed by atoms with Crippen LogP contribution in [0.15, 0.2) is 103 Å². The van der Waals surface area contributed by atoms with Crippen LogP contribution in [0.3, 0.4) is 0 Å². The van der Waals surface area contributed by atoms with Crippen molar-refractivity contribution in [1.82, 2.24) is 8.75 Å². The standard InChI is InChI=1S/C67H87BN2O2S3/c1-11-15-17-19-21-23-25-30-44-67(45-31-26-24-22-20-18-16-12-2)55-46-48(34-36-51(55)52-37-35-50(47-56(52)67)65(9,13-3)49-32-28-27-29-33-49)57-40-41-58(73-57)53-38-39-54(62-61(53)69-75-70-62)59-42-43-60(74-59)66(10,14-4)68-71-63(5,6)64(7,8)72-68/h27-29,32-43,46-47H,11-26,30-31,44-45H2,1-10H3. The molecule has 0 N–H and O–H groups in total. The minimum Gasteiger partial charge on any atom is -0.403 e. The first-order valence-corrected chi connectivity index (χ1v) is 31.8. The maximum Gasteiger partial charge on any atom is 0.469 e. The quantitative estimate of drug-likeness (QED) is 0.0380. The molecule has 1 aliphatic heterocycles. The van der Waals surface area contributed by atoms with Crippen LogP contribution < -0.4 is 0 Å². The topological polar surface area (TPSA) is 44.2 Å². The van der Waals surface area contributed by atoms with Gasteiger partial charge in [-0.1, -0.05) is 217 Å². The largest absolute Gasteiger partial charge is 0.469 e. The third-order valence-corrected chi connectivity index (χ3v) is 21.6. The summed E-state index contributed by atoms with van der Waals surface area (Å²) in [7, 11) is -0.326. The minimum absolute atomic E-state index is 0.0264. The van der Waals surface area contributed by atoms with E-state index in [1.165, 1.54) is 175 Å². The first kappa shape index (κ1) is 55.8. The number of aromatic nitrogens is 2. The average molecular weight is 1060 g/mol. The van der Waals surface area contributed by atoms with Crippen LogP contribution in [0.4, 0.5) is 0 Å². The summed E-state index contributed by atoms with van der Waals surface area (Å²) >= 11 is 5.04. The Morgan fingerprint density at radius 2 is 0.973 bits per heavy atom. The predicted molar refractivity (Wildman–Crippen MR) is 327 cm³/mol. The molecule has 0 radical (unpaired) electrons. The molecule has 2 atom stereocenters. The molecule has 2 aliphatic rings. The Morgan fingerprint density at radius 1 is 0.480 bits per heavy atom. The second-order valence-electron chi connectivity index (χ2n) is 23.9. The van der Waals surface area contributed by atoms with Gasteiger partial charge in [0.25, 0.3) is 0 Å². The Balaban J connectivity index is 1.05. The average Bonchev–Trinajstić information content (AvgIpc) is 4.30. The molecule has 1 saturated heterocycles. The normalized spacial score (nSPS) is 17.1. The van der Waals surface area contributed by atoms with Crippen LogP contribution in [0.5, 0.6) is 0 Å². The Bertz CT molecular complexity index is 2950. The lowest BCUT2D eigenvalue weighted by Gasteiger charge is -2.35. The van der Waals surface area contributed by atoms with Gasteiger partial charge in [0.1, 0.15) is 11.0 Å². The SMILES string of the molecule is CCCCCCCCCCC1(CCCCCCCCCC)c2cc(-c3ccc(-c4ccc(-c5ccc(C(C)(CC)B6OC(C)(C)C(C)(C)O6)s5)c5nsnc45)s3)ccc2-c2ccc(C(C)(CC)c3ccccc3)cc21. The van der Waals surface area contributed by atoms with Crippen molar-refractivity contribution in [2.45, 2.75) is 225 Å². The second-order valence-corrected chi connectivity index (χ2v) is 26.6. The van der Waals surface area contributed by atoms with Crippen molar-refractivity contribution >= 4 is 52.6 Å². The van der Waals surface area contributed by atoms with Gasteiger partial charge in [-0.2, -0.15) is 8.75 Å². The van der Waals surface area contributed by atoms with Crippen molar-refractivity contribution in [3.05, 3.63) is 130 Å². The summed E-state index contributed by atoms with van der Waals surface area (Å²) in [6.45, 7) is 22.6. The minimum atomic E-state index is -0.384. The van der Waals surface area contributed by atoms with Gasteiger partial charge in [-0.25, -0.2) is 0 Å². The van der Waals surface area contributed by atoms with Crippen LogP contribution in [0.25, 0.3) is 53.5 Å². The number of nitrogens with zero attached hydrogens (tertiary/aromatic N) is 2. The van der Waals surface area contributed by atoms with Crippen LogP contribution in [0.1, 0.15) is 225 Å². The number of rotatable bonds is 27. The van der Waals surface area contributed by atoms with E-state index in [1.54, 1.807) is 11.1 Å². The molecular formula is C67H87BN2O2S3. The molecule has 0 spiro atoms. The predicted octanol–water partition coefficient (Wildman–Crippen LogP) is 21.2. The summed E-state index contributed by atoms with van der Waals surface area (Å²) in [5.41, 5.74) is 13.6. The Labute approximate surface area is 465 Å². The zero-order valence-electron chi connectivity index (χ0n) is 47.5. The van der Waals surface area contributed by atoms with Gasteiger partial charge in [0.15, 0.2) is 0 Å². The summed E-state index contributed by atoms with van der Waals surface area (Å²) in [5, 5.41) is -0.288. The fourth-order valence-corrected chi connectivity index (χ4v) is 15.3. The fourth-order valence-electron chi connectivity index (χ4n) is 12.4. The number of thiophene rings is 2. The molecule has 2 unspecified atom stereocenters. The van der Waals surface area contributed by atoms with Crippen LogP contribution in [0, 0.1) is 0 Å². The lowest BCUT2D eigenvalue weighted by molar-refractivity contribution is 0.00578. The summed E-state index contributed by atoms with van der Waals surface area (Å²) in [6, 6.07) is 40.3. The van der Waals surface area contributed by atoms with Crippen LogP contribution in [-0.2, 0) is 25.5 Å². The van der Waals surface area contributed by atoms with Crippen molar-refractivity contribution in [1.29, 1.82) is 0 Å². The van der Waals surface area contributed by atoms with Gasteiger partial charge in [0.05, 0.1) is 22.9 Å². The third-order valence-electron chi connectivity index (χ3n) is 18.5. The van der Waals surface area contributed by atoms with Crippen molar-refractivity contribution < 1.29 is 9.31 Å². The maximum atomic E-state index is 6.66. The first-order chi connectivity index (χ1) is 36.2. The second kappa shape index (κ2) is 24.0. The summed E-state index contributed by atoms with van der Waals surface area (Å²) in [5.74, 6) is 0. The maximum absolute atomic E-state index is 6.66. The molecule has 3 aromatic heterocycles. The fraction of sp³-hybridized carbons (Fsp3) is 0.522. The molecule has 4 aromatic carbocycles. The molecular weight excluding hydrogens is 972 g/mol. The van der Waals surface area contributed by atoms with E-state index in [2.05, 4.69) is 172 Å². The number of hydrogen-bond donors (Lipinski definition) is 0. The number of benzene rings is 4. The molecule has 75 heavy (non-hydrogen) atoms. The third kappa shape index (κ3) is 11.2. The summed E-state index contributed by atoms with van der Waals surface area (Å²) in [6.07, 6.45) is 25.8. The molecule has 9 rings (SSSR count). The summed E-state index contributed by atoms with van der Waals surface area (Å²) in [4.78, 5) is 5.01. The van der Waals surface area contributed by atoms with E-state index < -0.39 is 0 Å². The number of hydrogen-bond acceptors (Lipinski definition) is 7. The van der Waals surface area contributed by atoms with Gasteiger partial charge >= 0.3 is 7.12 Å². The van der Waals surface area contributed by atoms with E-state index in [0.29, 0.717) is 0 Å². The Kier molecular flexibility index (Phi) is 17.9. The molecule has 398 valence electrons. The zero-order valence-corrected chi connectivity index (χ0v) is 49.9.